The zero-order valence-corrected chi connectivity index (χ0v) is 12.2. The van der Waals surface area contributed by atoms with Gasteiger partial charge in [0.25, 0.3) is 5.88 Å². The van der Waals surface area contributed by atoms with Crippen LogP contribution in [0, 0.1) is 0 Å². The number of hydrogen-bond acceptors (Lipinski definition) is 4. The molecule has 2 aromatic carbocycles. The van der Waals surface area contributed by atoms with Crippen LogP contribution in [0.15, 0.2) is 53.3 Å². The molecule has 0 radical (unpaired) electrons. The quantitative estimate of drug-likeness (QED) is 0.780. The number of aromatic nitrogens is 2. The molecule has 0 aliphatic heterocycles. The van der Waals surface area contributed by atoms with Crippen LogP contribution in [0.3, 0.4) is 0 Å². The van der Waals surface area contributed by atoms with Gasteiger partial charge in [0.15, 0.2) is 0 Å². The van der Waals surface area contributed by atoms with Crippen LogP contribution < -0.4 is 4.74 Å². The summed E-state index contributed by atoms with van der Waals surface area (Å²) in [5, 5.41) is 11.1. The van der Waals surface area contributed by atoms with Crippen molar-refractivity contribution in [3.8, 4) is 11.6 Å². The molecule has 21 heavy (non-hydrogen) atoms. The number of carbonyl (C=O) groups is 1. The van der Waals surface area contributed by atoms with Crippen molar-refractivity contribution < 1.29 is 14.6 Å². The van der Waals surface area contributed by atoms with E-state index in [0.717, 1.165) is 15.2 Å². The van der Waals surface area contributed by atoms with E-state index >= 15 is 0 Å². The predicted octanol–water partition coefficient (Wildman–Crippen LogP) is 3.88. The summed E-state index contributed by atoms with van der Waals surface area (Å²) in [6.07, 6.45) is 2.70. The highest BCUT2D eigenvalue weighted by Gasteiger charge is 2.14. The molecule has 104 valence electrons. The van der Waals surface area contributed by atoms with Crippen molar-refractivity contribution in [1.29, 1.82) is 0 Å². The van der Waals surface area contributed by atoms with Gasteiger partial charge in [-0.1, -0.05) is 28.1 Å². The van der Waals surface area contributed by atoms with Crippen molar-refractivity contribution in [2.24, 2.45) is 0 Å². The first-order valence-corrected chi connectivity index (χ1v) is 6.84. The average molecular weight is 345 g/mol. The number of benzene rings is 2. The van der Waals surface area contributed by atoms with E-state index in [4.69, 9.17) is 9.84 Å². The van der Waals surface area contributed by atoms with Gasteiger partial charge in [-0.05, 0) is 35.0 Å². The molecular weight excluding hydrogens is 336 g/mol. The van der Waals surface area contributed by atoms with E-state index in [1.807, 2.05) is 30.3 Å². The van der Waals surface area contributed by atoms with Gasteiger partial charge in [0, 0.05) is 16.9 Å². The van der Waals surface area contributed by atoms with Gasteiger partial charge in [-0.3, -0.25) is 0 Å². The molecule has 0 bridgehead atoms. The number of aromatic carboxylic acids is 1. The Labute approximate surface area is 128 Å². The summed E-state index contributed by atoms with van der Waals surface area (Å²) in [4.78, 5) is 18.7. The molecule has 0 saturated carbocycles. The van der Waals surface area contributed by atoms with Gasteiger partial charge in [-0.2, -0.15) is 0 Å². The number of carboxylic acids is 1. The van der Waals surface area contributed by atoms with Crippen LogP contribution in [0.25, 0.3) is 10.8 Å². The zero-order chi connectivity index (χ0) is 14.8. The van der Waals surface area contributed by atoms with Crippen molar-refractivity contribution in [2.45, 2.75) is 0 Å². The second-order valence-corrected chi connectivity index (χ2v) is 5.19. The molecule has 1 heterocycles. The topological polar surface area (TPSA) is 72.3 Å². The average Bonchev–Trinajstić information content (AvgIpc) is 2.48. The maximum atomic E-state index is 11.1. The highest BCUT2D eigenvalue weighted by Crippen LogP contribution is 2.27. The first-order chi connectivity index (χ1) is 10.1. The van der Waals surface area contributed by atoms with E-state index in [1.165, 1.54) is 12.4 Å². The van der Waals surface area contributed by atoms with Gasteiger partial charge in [0.05, 0.1) is 0 Å². The molecule has 0 amide bonds. The van der Waals surface area contributed by atoms with Crippen molar-refractivity contribution in [1.82, 2.24) is 9.97 Å². The molecule has 0 atom stereocenters. The van der Waals surface area contributed by atoms with Crippen molar-refractivity contribution in [2.75, 3.05) is 0 Å². The highest BCUT2D eigenvalue weighted by atomic mass is 79.9. The summed E-state index contributed by atoms with van der Waals surface area (Å²) in [5.74, 6) is -0.697. The number of carboxylic acid groups (broad SMARTS) is 1. The first kappa shape index (κ1) is 13.5. The van der Waals surface area contributed by atoms with E-state index < -0.39 is 5.97 Å². The van der Waals surface area contributed by atoms with Gasteiger partial charge >= 0.3 is 5.97 Å². The Balaban J connectivity index is 1.99. The third kappa shape index (κ3) is 2.85. The standard InChI is InChI=1S/C15H9BrN2O3/c16-11-3-1-10-8-12(4-2-9(10)7-11)21-14-13(15(19)20)17-5-6-18-14/h1-8H,(H,19,20). The fraction of sp³-hybridized carbons (Fsp3) is 0. The van der Waals surface area contributed by atoms with Crippen molar-refractivity contribution in [3.05, 3.63) is 59.0 Å². The van der Waals surface area contributed by atoms with Gasteiger partial charge in [0.1, 0.15) is 5.75 Å². The number of hydrogen-bond donors (Lipinski definition) is 1. The van der Waals surface area contributed by atoms with E-state index in [1.54, 1.807) is 6.07 Å². The number of nitrogens with zero attached hydrogens (tertiary/aromatic N) is 2. The molecule has 0 aliphatic carbocycles. The summed E-state index contributed by atoms with van der Waals surface area (Å²) >= 11 is 3.42. The molecule has 1 N–H and O–H groups in total. The Bertz CT molecular complexity index is 836. The molecule has 0 saturated heterocycles. The van der Waals surface area contributed by atoms with Crippen molar-refractivity contribution in [3.63, 3.8) is 0 Å². The molecular formula is C15H9BrN2O3. The summed E-state index contributed by atoms with van der Waals surface area (Å²) in [5.41, 5.74) is -0.214. The molecule has 3 rings (SSSR count). The molecule has 0 aliphatic rings. The SMILES string of the molecule is O=C(O)c1nccnc1Oc1ccc2cc(Br)ccc2c1. The van der Waals surface area contributed by atoms with Crippen LogP contribution >= 0.6 is 15.9 Å². The molecule has 5 nitrogen and oxygen atoms in total. The number of ether oxygens (including phenoxy) is 1. The Morgan fingerprint density at radius 1 is 1.05 bits per heavy atom. The summed E-state index contributed by atoms with van der Waals surface area (Å²) in [7, 11) is 0. The molecule has 0 spiro atoms. The summed E-state index contributed by atoms with van der Waals surface area (Å²) in [6, 6.07) is 11.3. The van der Waals surface area contributed by atoms with Crippen LogP contribution in [-0.4, -0.2) is 21.0 Å². The number of rotatable bonds is 3. The lowest BCUT2D eigenvalue weighted by Crippen LogP contribution is -2.04. The number of halogens is 1. The van der Waals surface area contributed by atoms with E-state index in [2.05, 4.69) is 25.9 Å². The fourth-order valence-electron chi connectivity index (χ4n) is 1.92. The minimum Gasteiger partial charge on any atom is -0.476 e. The summed E-state index contributed by atoms with van der Waals surface area (Å²) < 4.78 is 6.53. The normalized spacial score (nSPS) is 10.5. The Hall–Kier alpha value is -2.47. The number of fused-ring (bicyclic) bond motifs is 1. The van der Waals surface area contributed by atoms with Gasteiger partial charge in [-0.15, -0.1) is 0 Å². The van der Waals surface area contributed by atoms with Gasteiger partial charge in [0.2, 0.25) is 5.69 Å². The zero-order valence-electron chi connectivity index (χ0n) is 10.7. The van der Waals surface area contributed by atoms with Crippen LogP contribution in [0.4, 0.5) is 0 Å². The lowest BCUT2D eigenvalue weighted by molar-refractivity contribution is 0.0686. The third-order valence-corrected chi connectivity index (χ3v) is 3.35. The van der Waals surface area contributed by atoms with Gasteiger partial charge in [-0.25, -0.2) is 14.8 Å². The Morgan fingerprint density at radius 3 is 2.57 bits per heavy atom. The lowest BCUT2D eigenvalue weighted by atomic mass is 10.1. The maximum Gasteiger partial charge on any atom is 0.360 e. The largest absolute Gasteiger partial charge is 0.476 e. The second kappa shape index (κ2) is 5.49. The smallest absolute Gasteiger partial charge is 0.360 e. The maximum absolute atomic E-state index is 11.1. The van der Waals surface area contributed by atoms with Crippen LogP contribution in [0.2, 0.25) is 0 Å². The van der Waals surface area contributed by atoms with E-state index in [-0.39, 0.29) is 11.6 Å². The second-order valence-electron chi connectivity index (χ2n) is 4.27. The minimum atomic E-state index is -1.18. The van der Waals surface area contributed by atoms with Crippen LogP contribution in [-0.2, 0) is 0 Å². The Kier molecular flexibility index (Phi) is 3.53. The monoisotopic (exact) mass is 344 g/mol. The minimum absolute atomic E-state index is 0.0264. The molecule has 1 aromatic heterocycles. The molecule has 0 fully saturated rings. The highest BCUT2D eigenvalue weighted by molar-refractivity contribution is 9.10. The summed E-state index contributed by atoms with van der Waals surface area (Å²) in [6.45, 7) is 0. The van der Waals surface area contributed by atoms with E-state index in [0.29, 0.717) is 5.75 Å². The third-order valence-electron chi connectivity index (χ3n) is 2.86. The van der Waals surface area contributed by atoms with Crippen molar-refractivity contribution >= 4 is 32.7 Å². The van der Waals surface area contributed by atoms with Crippen LogP contribution in [0.1, 0.15) is 10.5 Å². The molecule has 0 unspecified atom stereocenters. The molecule has 3 aromatic rings. The molecule has 6 heteroatoms. The first-order valence-electron chi connectivity index (χ1n) is 6.05. The Morgan fingerprint density at radius 2 is 1.76 bits per heavy atom. The predicted molar refractivity (Wildman–Crippen MR) is 80.7 cm³/mol. The van der Waals surface area contributed by atoms with Gasteiger partial charge < -0.3 is 9.84 Å². The van der Waals surface area contributed by atoms with E-state index in [9.17, 15) is 4.79 Å². The fourth-order valence-corrected chi connectivity index (χ4v) is 2.30. The lowest BCUT2D eigenvalue weighted by Gasteiger charge is -2.07. The van der Waals surface area contributed by atoms with Crippen LogP contribution in [0.5, 0.6) is 11.6 Å².